The number of aryl methyl sites for hydroxylation is 1. The van der Waals surface area contributed by atoms with Crippen LogP contribution in [0.25, 0.3) is 0 Å². The monoisotopic (exact) mass is 355 g/mol. The molecule has 1 aromatic rings. The van der Waals surface area contributed by atoms with Crippen molar-refractivity contribution in [1.82, 2.24) is 9.88 Å². The van der Waals surface area contributed by atoms with E-state index in [0.717, 1.165) is 36.5 Å². The maximum atomic E-state index is 12.4. The fourth-order valence-electron chi connectivity index (χ4n) is 2.44. The van der Waals surface area contributed by atoms with Crippen LogP contribution in [0.4, 0.5) is 0 Å². The molecular formula is C13H23Cl2N3O2S. The number of piperidine rings is 1. The first-order chi connectivity index (χ1) is 9.13. The quantitative estimate of drug-likeness (QED) is 0.899. The van der Waals surface area contributed by atoms with Crippen molar-refractivity contribution in [3.8, 4) is 0 Å². The molecule has 1 aromatic heterocycles. The van der Waals surface area contributed by atoms with E-state index in [4.69, 9.17) is 10.5 Å². The molecule has 1 saturated heterocycles. The molecule has 0 radical (unpaired) electrons. The number of nitrogens with zero attached hydrogens (tertiary/aromatic N) is 2. The van der Waals surface area contributed by atoms with Crippen LogP contribution in [-0.4, -0.2) is 42.1 Å². The molecule has 122 valence electrons. The van der Waals surface area contributed by atoms with E-state index in [9.17, 15) is 4.79 Å². The van der Waals surface area contributed by atoms with Gasteiger partial charge in [-0.25, -0.2) is 4.98 Å². The van der Waals surface area contributed by atoms with Gasteiger partial charge in [0.25, 0.3) is 0 Å². The number of hydrogen-bond acceptors (Lipinski definition) is 5. The molecule has 1 aliphatic heterocycles. The molecule has 8 heteroatoms. The smallest absolute Gasteiger partial charge is 0.242 e. The maximum Gasteiger partial charge on any atom is 0.242 e. The van der Waals surface area contributed by atoms with Crippen LogP contribution in [0.5, 0.6) is 0 Å². The number of likely N-dealkylation sites (tertiary alicyclic amines) is 1. The Hall–Kier alpha value is -0.400. The lowest BCUT2D eigenvalue weighted by molar-refractivity contribution is -0.137. The van der Waals surface area contributed by atoms with Gasteiger partial charge in [0, 0.05) is 24.7 Å². The predicted molar refractivity (Wildman–Crippen MR) is 89.5 cm³/mol. The van der Waals surface area contributed by atoms with Crippen LogP contribution in [0.1, 0.15) is 36.0 Å². The van der Waals surface area contributed by atoms with Crippen molar-refractivity contribution in [2.45, 2.75) is 38.3 Å². The molecule has 21 heavy (non-hydrogen) atoms. The fraction of sp³-hybridized carbons (Fsp3) is 0.692. The third-order valence-electron chi connectivity index (χ3n) is 3.37. The van der Waals surface area contributed by atoms with E-state index < -0.39 is 6.04 Å². The second-order valence-electron chi connectivity index (χ2n) is 4.93. The Kier molecular flexibility index (Phi) is 9.40. The summed E-state index contributed by atoms with van der Waals surface area (Å²) >= 11 is 1.63. The molecule has 5 nitrogen and oxygen atoms in total. The number of halogens is 2. The van der Waals surface area contributed by atoms with Crippen LogP contribution >= 0.6 is 36.2 Å². The highest BCUT2D eigenvalue weighted by atomic mass is 35.5. The first-order valence-electron chi connectivity index (χ1n) is 6.60. The van der Waals surface area contributed by atoms with Crippen molar-refractivity contribution >= 4 is 42.1 Å². The topological polar surface area (TPSA) is 68.5 Å². The minimum absolute atomic E-state index is 0. The van der Waals surface area contributed by atoms with E-state index in [2.05, 4.69) is 4.98 Å². The van der Waals surface area contributed by atoms with Crippen molar-refractivity contribution in [2.75, 3.05) is 20.3 Å². The summed E-state index contributed by atoms with van der Waals surface area (Å²) in [6, 6.07) is -0.491. The molecule has 1 aliphatic rings. The molecule has 0 aliphatic carbocycles. The molecule has 0 spiro atoms. The summed E-state index contributed by atoms with van der Waals surface area (Å²) in [5, 5.41) is 3.05. The summed E-state index contributed by atoms with van der Waals surface area (Å²) in [5.74, 6) is -0.0283. The second kappa shape index (κ2) is 9.58. The van der Waals surface area contributed by atoms with E-state index in [1.807, 2.05) is 17.2 Å². The Morgan fingerprint density at radius 2 is 2.29 bits per heavy atom. The molecule has 1 amide bonds. The zero-order valence-corrected chi connectivity index (χ0v) is 14.7. The maximum absolute atomic E-state index is 12.4. The van der Waals surface area contributed by atoms with E-state index in [1.165, 1.54) is 0 Å². The van der Waals surface area contributed by atoms with Crippen LogP contribution in [0.3, 0.4) is 0 Å². The second-order valence-corrected chi connectivity index (χ2v) is 5.82. The number of ether oxygens (including phenoxy) is 1. The van der Waals surface area contributed by atoms with Crippen LogP contribution in [0, 0.1) is 6.92 Å². The average Bonchev–Trinajstić information content (AvgIpc) is 2.85. The number of methoxy groups -OCH3 is 1. The van der Waals surface area contributed by atoms with Gasteiger partial charge in [0.15, 0.2) is 0 Å². The van der Waals surface area contributed by atoms with Gasteiger partial charge in [0.1, 0.15) is 11.0 Å². The average molecular weight is 356 g/mol. The summed E-state index contributed by atoms with van der Waals surface area (Å²) in [5.41, 5.74) is 6.88. The first-order valence-corrected chi connectivity index (χ1v) is 7.48. The van der Waals surface area contributed by atoms with Gasteiger partial charge in [-0.3, -0.25) is 4.79 Å². The van der Waals surface area contributed by atoms with E-state index >= 15 is 0 Å². The number of hydrogen-bond donors (Lipinski definition) is 1. The van der Waals surface area contributed by atoms with Gasteiger partial charge >= 0.3 is 0 Å². The van der Waals surface area contributed by atoms with Crippen molar-refractivity contribution < 1.29 is 9.53 Å². The summed E-state index contributed by atoms with van der Waals surface area (Å²) < 4.78 is 4.98. The SMILES string of the molecule is COCC(N)C(=O)N1CCCCC1c1nc(C)cs1.Cl.Cl. The number of carbonyl (C=O) groups excluding carboxylic acids is 1. The van der Waals surface area contributed by atoms with Gasteiger partial charge in [-0.15, -0.1) is 36.2 Å². The third-order valence-corrected chi connectivity index (χ3v) is 4.43. The fourth-order valence-corrected chi connectivity index (χ4v) is 3.38. The number of aromatic nitrogens is 1. The molecule has 2 heterocycles. The van der Waals surface area contributed by atoms with Crippen LogP contribution < -0.4 is 5.73 Å². The van der Waals surface area contributed by atoms with Crippen molar-refractivity contribution in [2.24, 2.45) is 5.73 Å². The molecule has 0 bridgehead atoms. The van der Waals surface area contributed by atoms with Gasteiger partial charge in [-0.2, -0.15) is 0 Å². The third kappa shape index (κ3) is 5.07. The number of nitrogens with two attached hydrogens (primary N) is 1. The molecule has 2 N–H and O–H groups in total. The number of amides is 1. The Morgan fingerprint density at radius 3 is 2.86 bits per heavy atom. The summed E-state index contributed by atoms with van der Waals surface area (Å²) in [6.07, 6.45) is 3.14. The van der Waals surface area contributed by atoms with Gasteiger partial charge < -0.3 is 15.4 Å². The van der Waals surface area contributed by atoms with Gasteiger partial charge in [-0.05, 0) is 26.2 Å². The lowest BCUT2D eigenvalue weighted by Gasteiger charge is -2.36. The summed E-state index contributed by atoms with van der Waals surface area (Å²) in [7, 11) is 1.56. The summed E-state index contributed by atoms with van der Waals surface area (Å²) in [6.45, 7) is 3.00. The van der Waals surface area contributed by atoms with E-state index in [-0.39, 0.29) is 43.4 Å². The Morgan fingerprint density at radius 1 is 1.57 bits per heavy atom. The van der Waals surface area contributed by atoms with Crippen LogP contribution in [0.2, 0.25) is 0 Å². The summed E-state index contributed by atoms with van der Waals surface area (Å²) in [4.78, 5) is 18.8. The van der Waals surface area contributed by atoms with Crippen molar-refractivity contribution in [3.63, 3.8) is 0 Å². The van der Waals surface area contributed by atoms with Crippen molar-refractivity contribution in [1.29, 1.82) is 0 Å². The van der Waals surface area contributed by atoms with Crippen LogP contribution in [-0.2, 0) is 9.53 Å². The predicted octanol–water partition coefficient (Wildman–Crippen LogP) is 2.32. The number of thiazole rings is 1. The Balaban J connectivity index is 0.00000200. The lowest BCUT2D eigenvalue weighted by Crippen LogP contribution is -2.49. The minimum atomic E-state index is -0.577. The Bertz CT molecular complexity index is 445. The van der Waals surface area contributed by atoms with E-state index in [0.29, 0.717) is 0 Å². The zero-order valence-electron chi connectivity index (χ0n) is 12.3. The van der Waals surface area contributed by atoms with Crippen molar-refractivity contribution in [3.05, 3.63) is 16.1 Å². The minimum Gasteiger partial charge on any atom is -0.383 e. The van der Waals surface area contributed by atoms with Gasteiger partial charge in [0.05, 0.1) is 12.6 Å². The van der Waals surface area contributed by atoms with E-state index in [1.54, 1.807) is 18.4 Å². The lowest BCUT2D eigenvalue weighted by atomic mass is 10.0. The first kappa shape index (κ1) is 20.6. The zero-order chi connectivity index (χ0) is 13.8. The molecular weight excluding hydrogens is 333 g/mol. The molecule has 0 saturated carbocycles. The number of carbonyl (C=O) groups is 1. The highest BCUT2D eigenvalue weighted by molar-refractivity contribution is 7.09. The molecule has 2 atom stereocenters. The largest absolute Gasteiger partial charge is 0.383 e. The Labute approximate surface area is 142 Å². The molecule has 2 unspecified atom stereocenters. The van der Waals surface area contributed by atoms with Gasteiger partial charge in [-0.1, -0.05) is 0 Å². The molecule has 2 rings (SSSR count). The normalized spacial score (nSPS) is 19.4. The molecule has 1 fully saturated rings. The standard InChI is InChI=1S/C13H21N3O2S.2ClH/c1-9-8-19-12(15-9)11-5-3-4-6-16(11)13(17)10(14)7-18-2;;/h8,10-11H,3-7,14H2,1-2H3;2*1H. The molecule has 0 aromatic carbocycles. The van der Waals surface area contributed by atoms with Crippen LogP contribution in [0.15, 0.2) is 5.38 Å². The highest BCUT2D eigenvalue weighted by Crippen LogP contribution is 2.32. The van der Waals surface area contributed by atoms with Gasteiger partial charge in [0.2, 0.25) is 5.91 Å². The number of rotatable bonds is 4. The highest BCUT2D eigenvalue weighted by Gasteiger charge is 2.32.